The zero-order chi connectivity index (χ0) is 18.1. The number of likely N-dealkylation sites (tertiary alicyclic amines) is 1. The lowest BCUT2D eigenvalue weighted by atomic mass is 10.2. The van der Waals surface area contributed by atoms with E-state index in [2.05, 4.69) is 9.97 Å². The third-order valence-corrected chi connectivity index (χ3v) is 5.25. The summed E-state index contributed by atoms with van der Waals surface area (Å²) in [6.07, 6.45) is 0.829. The largest absolute Gasteiger partial charge is 0.444 e. The van der Waals surface area contributed by atoms with Crippen LogP contribution in [0.4, 0.5) is 4.79 Å². The molecular formula is C15H22ClN3O4S. The van der Waals surface area contributed by atoms with E-state index in [4.69, 9.17) is 16.3 Å². The topological polar surface area (TPSA) is 89.5 Å². The van der Waals surface area contributed by atoms with E-state index in [0.717, 1.165) is 6.42 Å². The van der Waals surface area contributed by atoms with E-state index >= 15 is 0 Å². The molecule has 0 aromatic carbocycles. The summed E-state index contributed by atoms with van der Waals surface area (Å²) in [5, 5.41) is -0.222. The minimum absolute atomic E-state index is 0.0801. The van der Waals surface area contributed by atoms with Crippen LogP contribution in [0.1, 0.15) is 39.3 Å². The van der Waals surface area contributed by atoms with Crippen molar-refractivity contribution in [3.63, 3.8) is 0 Å². The molecule has 1 amide bonds. The molecule has 1 aromatic rings. The molecule has 2 heterocycles. The highest BCUT2D eigenvalue weighted by Crippen LogP contribution is 2.24. The minimum Gasteiger partial charge on any atom is -0.444 e. The van der Waals surface area contributed by atoms with Gasteiger partial charge in [0.2, 0.25) is 15.0 Å². The molecule has 134 valence electrons. The van der Waals surface area contributed by atoms with Gasteiger partial charge in [0.15, 0.2) is 0 Å². The van der Waals surface area contributed by atoms with Crippen LogP contribution in [-0.2, 0) is 14.6 Å². The number of nitrogens with zero attached hydrogens (tertiary/aromatic N) is 3. The molecule has 7 nitrogen and oxygen atoms in total. The molecule has 1 fully saturated rings. The number of ether oxygens (including phenoxy) is 1. The number of rotatable bonds is 3. The molecule has 0 N–H and O–H groups in total. The average molecular weight is 376 g/mol. The molecule has 1 aromatic heterocycles. The summed E-state index contributed by atoms with van der Waals surface area (Å²) in [7, 11) is -3.75. The first kappa shape index (κ1) is 18.9. The van der Waals surface area contributed by atoms with Crippen LogP contribution in [0, 0.1) is 6.92 Å². The summed E-state index contributed by atoms with van der Waals surface area (Å²) in [5.74, 6) is -0.244. The Morgan fingerprint density at radius 1 is 1.42 bits per heavy atom. The Morgan fingerprint density at radius 2 is 2.08 bits per heavy atom. The summed E-state index contributed by atoms with van der Waals surface area (Å²) in [5.41, 5.74) is -0.153. The molecule has 0 saturated carbocycles. The molecule has 9 heteroatoms. The molecule has 24 heavy (non-hydrogen) atoms. The van der Waals surface area contributed by atoms with E-state index in [-0.39, 0.29) is 16.1 Å². The van der Waals surface area contributed by atoms with E-state index in [9.17, 15) is 13.2 Å². The van der Waals surface area contributed by atoms with Crippen LogP contribution >= 0.6 is 11.6 Å². The average Bonchev–Trinajstić information content (AvgIpc) is 2.83. The Bertz CT molecular complexity index is 710. The normalized spacial score (nSPS) is 18.7. The fraction of sp³-hybridized carbons (Fsp3) is 0.667. The Labute approximate surface area is 147 Å². The van der Waals surface area contributed by atoms with Gasteiger partial charge in [0, 0.05) is 18.3 Å². The predicted molar refractivity (Wildman–Crippen MR) is 89.8 cm³/mol. The van der Waals surface area contributed by atoms with Crippen LogP contribution in [0.3, 0.4) is 0 Å². The first-order valence-electron chi connectivity index (χ1n) is 7.71. The molecule has 1 atom stereocenters. The van der Waals surface area contributed by atoms with Gasteiger partial charge < -0.3 is 9.64 Å². The maximum absolute atomic E-state index is 12.6. The van der Waals surface area contributed by atoms with Crippen molar-refractivity contribution in [3.05, 3.63) is 16.9 Å². The number of carbonyl (C=O) groups is 1. The van der Waals surface area contributed by atoms with Gasteiger partial charge in [-0.05, 0) is 46.6 Å². The van der Waals surface area contributed by atoms with E-state index < -0.39 is 27.6 Å². The number of halogens is 1. The van der Waals surface area contributed by atoms with E-state index in [1.165, 1.54) is 11.0 Å². The fourth-order valence-corrected chi connectivity index (χ4v) is 4.35. The van der Waals surface area contributed by atoms with E-state index in [0.29, 0.717) is 18.7 Å². The molecule has 0 radical (unpaired) electrons. The first-order valence-corrected chi connectivity index (χ1v) is 9.74. The number of aromatic nitrogens is 2. The summed E-state index contributed by atoms with van der Waals surface area (Å²) >= 11 is 5.82. The van der Waals surface area contributed by atoms with Crippen LogP contribution in [0.25, 0.3) is 0 Å². The van der Waals surface area contributed by atoms with Gasteiger partial charge in [0.1, 0.15) is 10.8 Å². The van der Waals surface area contributed by atoms with Gasteiger partial charge >= 0.3 is 6.09 Å². The highest BCUT2D eigenvalue weighted by atomic mass is 35.5. The second kappa shape index (κ2) is 6.84. The van der Waals surface area contributed by atoms with Gasteiger partial charge in [-0.2, -0.15) is 0 Å². The maximum atomic E-state index is 12.6. The molecule has 2 rings (SSSR count). The standard InChI is InChI=1S/C15H22ClN3O4S/c1-10-8-12(16)18-13(17-10)24(21,22)9-11-6-5-7-19(11)14(20)23-15(2,3)4/h8,11H,5-7,9H2,1-4H3/t11-/m0/s1. The third kappa shape index (κ3) is 4.80. The van der Waals surface area contributed by atoms with Gasteiger partial charge in [0.05, 0.1) is 5.75 Å². The van der Waals surface area contributed by atoms with Crippen LogP contribution in [0.2, 0.25) is 5.15 Å². The second-order valence-electron chi connectivity index (χ2n) is 6.87. The number of carbonyl (C=O) groups excluding carboxylic acids is 1. The zero-order valence-corrected chi connectivity index (χ0v) is 15.8. The van der Waals surface area contributed by atoms with Crippen molar-refractivity contribution in [1.82, 2.24) is 14.9 Å². The zero-order valence-electron chi connectivity index (χ0n) is 14.2. The number of sulfone groups is 1. The highest BCUT2D eigenvalue weighted by Gasteiger charge is 2.36. The molecule has 0 aliphatic carbocycles. The smallest absolute Gasteiger partial charge is 0.410 e. The minimum atomic E-state index is -3.75. The highest BCUT2D eigenvalue weighted by molar-refractivity contribution is 7.91. The SMILES string of the molecule is Cc1cc(Cl)nc(S(=O)(=O)C[C@@H]2CCCN2C(=O)OC(C)(C)C)n1. The monoisotopic (exact) mass is 375 g/mol. The van der Waals surface area contributed by atoms with Crippen LogP contribution in [0.15, 0.2) is 11.2 Å². The van der Waals surface area contributed by atoms with Crippen molar-refractivity contribution in [2.75, 3.05) is 12.3 Å². The van der Waals surface area contributed by atoms with Crippen molar-refractivity contribution < 1.29 is 17.9 Å². The fourth-order valence-electron chi connectivity index (χ4n) is 2.54. The summed E-state index contributed by atoms with van der Waals surface area (Å²) in [4.78, 5) is 21.5. The first-order chi connectivity index (χ1) is 11.0. The number of hydrogen-bond donors (Lipinski definition) is 0. The van der Waals surface area contributed by atoms with Crippen molar-refractivity contribution in [1.29, 1.82) is 0 Å². The number of amides is 1. The van der Waals surface area contributed by atoms with Gasteiger partial charge in [0.25, 0.3) is 0 Å². The van der Waals surface area contributed by atoms with E-state index in [1.54, 1.807) is 27.7 Å². The molecule has 1 aliphatic rings. The molecule has 0 unspecified atom stereocenters. The summed E-state index contributed by atoms with van der Waals surface area (Å²) < 4.78 is 30.5. The number of hydrogen-bond acceptors (Lipinski definition) is 6. The second-order valence-corrected chi connectivity index (χ2v) is 9.18. The molecule has 1 aliphatic heterocycles. The van der Waals surface area contributed by atoms with Gasteiger partial charge in [-0.3, -0.25) is 0 Å². The Morgan fingerprint density at radius 3 is 2.67 bits per heavy atom. The quantitative estimate of drug-likeness (QED) is 0.595. The van der Waals surface area contributed by atoms with Crippen LogP contribution < -0.4 is 0 Å². The molecule has 0 bridgehead atoms. The van der Waals surface area contributed by atoms with Crippen LogP contribution in [0.5, 0.6) is 0 Å². The van der Waals surface area contributed by atoms with Crippen LogP contribution in [-0.4, -0.2) is 53.3 Å². The van der Waals surface area contributed by atoms with E-state index in [1.807, 2.05) is 0 Å². The Hall–Kier alpha value is -1.41. The number of aryl methyl sites for hydroxylation is 1. The molecule has 0 spiro atoms. The van der Waals surface area contributed by atoms with Crippen molar-refractivity contribution in [3.8, 4) is 0 Å². The molecule has 1 saturated heterocycles. The van der Waals surface area contributed by atoms with Crippen molar-refractivity contribution in [2.45, 2.75) is 57.3 Å². The van der Waals surface area contributed by atoms with Crippen molar-refractivity contribution in [2.24, 2.45) is 0 Å². The maximum Gasteiger partial charge on any atom is 0.410 e. The van der Waals surface area contributed by atoms with Gasteiger partial charge in [-0.15, -0.1) is 0 Å². The Kier molecular flexibility index (Phi) is 5.39. The van der Waals surface area contributed by atoms with Gasteiger partial charge in [-0.25, -0.2) is 23.2 Å². The third-order valence-electron chi connectivity index (χ3n) is 3.50. The lowest BCUT2D eigenvalue weighted by Crippen LogP contribution is -2.42. The molecular weight excluding hydrogens is 354 g/mol. The summed E-state index contributed by atoms with van der Waals surface area (Å²) in [6.45, 7) is 7.44. The summed E-state index contributed by atoms with van der Waals surface area (Å²) in [6, 6.07) is 1.04. The van der Waals surface area contributed by atoms with Crippen molar-refractivity contribution >= 4 is 27.5 Å². The predicted octanol–water partition coefficient (Wildman–Crippen LogP) is 2.61. The van der Waals surface area contributed by atoms with Gasteiger partial charge in [-0.1, -0.05) is 11.6 Å². The lowest BCUT2D eigenvalue weighted by molar-refractivity contribution is 0.0241. The lowest BCUT2D eigenvalue weighted by Gasteiger charge is -2.28. The Balaban J connectivity index is 2.17.